The minimum Gasteiger partial charge on any atom is -0.519 e. The minimum absolute atomic E-state index is 1.20. The summed E-state index contributed by atoms with van der Waals surface area (Å²) >= 11 is 0. The molecule has 0 unspecified atom stereocenters. The molecule has 0 atom stereocenters. The fraction of sp³-hybridized carbons (Fsp3) is 0.333. The number of rotatable bonds is 2. The van der Waals surface area contributed by atoms with Gasteiger partial charge in [-0.2, -0.15) is 0 Å². The van der Waals surface area contributed by atoms with E-state index in [2.05, 4.69) is 4.65 Å². The van der Waals surface area contributed by atoms with Gasteiger partial charge in [0.05, 0.1) is 6.26 Å². The van der Waals surface area contributed by atoms with E-state index in [1.807, 2.05) is 0 Å². The molecule has 4 heteroatoms. The Balaban J connectivity index is 2.97. The number of hydrogen-bond donors (Lipinski definition) is 2. The third kappa shape index (κ3) is 5.52. The summed E-state index contributed by atoms with van der Waals surface area (Å²) in [6.07, 6.45) is 2.75. The highest BCUT2D eigenvalue weighted by molar-refractivity contribution is 6.32. The van der Waals surface area contributed by atoms with Crippen molar-refractivity contribution in [3.8, 4) is 0 Å². The van der Waals surface area contributed by atoms with Gasteiger partial charge in [0.15, 0.2) is 0 Å². The molecule has 0 amide bonds. The molecular weight excluding hydrogens is 94.8 g/mol. The first-order chi connectivity index (χ1) is 3.27. The van der Waals surface area contributed by atoms with E-state index in [0.717, 1.165) is 0 Å². The van der Waals surface area contributed by atoms with Gasteiger partial charge in [0.2, 0.25) is 0 Å². The summed E-state index contributed by atoms with van der Waals surface area (Å²) in [6, 6.07) is 0. The Morgan fingerprint density at radius 2 is 2.14 bits per heavy atom. The molecule has 0 spiro atoms. The highest BCUT2D eigenvalue weighted by atomic mass is 16.6. The Kier molecular flexibility index (Phi) is 3.45. The molecule has 0 aromatic heterocycles. The standard InChI is InChI=1S/C3H7BO3/c1-2-3-7-4(5)6/h2-3,5-6H,1H3/b3-2-. The smallest absolute Gasteiger partial charge is 0.519 e. The zero-order valence-corrected chi connectivity index (χ0v) is 4.03. The van der Waals surface area contributed by atoms with Gasteiger partial charge in [-0.05, 0) is 6.92 Å². The molecule has 0 saturated heterocycles. The summed E-state index contributed by atoms with van der Waals surface area (Å²) in [6.45, 7) is 1.71. The van der Waals surface area contributed by atoms with Crippen molar-refractivity contribution in [3.63, 3.8) is 0 Å². The maximum Gasteiger partial charge on any atom is 0.707 e. The van der Waals surface area contributed by atoms with Crippen LogP contribution in [0.5, 0.6) is 0 Å². The van der Waals surface area contributed by atoms with Crippen LogP contribution in [0.1, 0.15) is 6.92 Å². The van der Waals surface area contributed by atoms with E-state index in [0.29, 0.717) is 0 Å². The van der Waals surface area contributed by atoms with Crippen LogP contribution >= 0.6 is 0 Å². The largest absolute Gasteiger partial charge is 0.707 e. The number of allylic oxidation sites excluding steroid dienone is 1. The fourth-order valence-electron chi connectivity index (χ4n) is 0.149. The molecule has 40 valence electrons. The summed E-state index contributed by atoms with van der Waals surface area (Å²) in [4.78, 5) is 0. The van der Waals surface area contributed by atoms with Crippen LogP contribution < -0.4 is 0 Å². The molecule has 2 N–H and O–H groups in total. The molecule has 0 saturated carbocycles. The number of hydrogen-bond acceptors (Lipinski definition) is 3. The molecule has 0 heterocycles. The lowest BCUT2D eigenvalue weighted by atomic mass is 10.3. The SMILES string of the molecule is C/C=C\OB(O)O. The van der Waals surface area contributed by atoms with Gasteiger partial charge in [0.25, 0.3) is 0 Å². The molecule has 0 aromatic carbocycles. The average Bonchev–Trinajstić information content (AvgIpc) is 1.61. The van der Waals surface area contributed by atoms with E-state index in [9.17, 15) is 0 Å². The zero-order chi connectivity index (χ0) is 5.70. The molecule has 7 heavy (non-hydrogen) atoms. The van der Waals surface area contributed by atoms with E-state index in [1.54, 1.807) is 13.0 Å². The van der Waals surface area contributed by atoms with Crippen LogP contribution in [0, 0.1) is 0 Å². The van der Waals surface area contributed by atoms with Crippen molar-refractivity contribution in [2.75, 3.05) is 0 Å². The molecule has 0 rings (SSSR count). The quantitative estimate of drug-likeness (QED) is 0.365. The predicted molar refractivity (Wildman–Crippen MR) is 26.1 cm³/mol. The first kappa shape index (κ1) is 6.52. The Morgan fingerprint density at radius 3 is 2.29 bits per heavy atom. The molecular formula is C3H7BO3. The molecule has 0 radical (unpaired) electrons. The molecule has 0 aliphatic carbocycles. The maximum atomic E-state index is 7.97. The van der Waals surface area contributed by atoms with Crippen LogP contribution in [0.15, 0.2) is 12.3 Å². The topological polar surface area (TPSA) is 49.7 Å². The first-order valence-corrected chi connectivity index (χ1v) is 1.90. The monoisotopic (exact) mass is 102 g/mol. The van der Waals surface area contributed by atoms with Gasteiger partial charge >= 0.3 is 7.32 Å². The molecule has 3 nitrogen and oxygen atoms in total. The highest BCUT2D eigenvalue weighted by Crippen LogP contribution is 1.75. The van der Waals surface area contributed by atoms with Crippen LogP contribution in [-0.4, -0.2) is 17.4 Å². The minimum atomic E-state index is -1.68. The van der Waals surface area contributed by atoms with Crippen molar-refractivity contribution in [3.05, 3.63) is 12.3 Å². The van der Waals surface area contributed by atoms with Crippen LogP contribution in [0.3, 0.4) is 0 Å². The van der Waals surface area contributed by atoms with Gasteiger partial charge < -0.3 is 14.7 Å². The lowest BCUT2D eigenvalue weighted by Crippen LogP contribution is -2.12. The summed E-state index contributed by atoms with van der Waals surface area (Å²) in [5, 5.41) is 15.9. The van der Waals surface area contributed by atoms with E-state index in [4.69, 9.17) is 10.0 Å². The van der Waals surface area contributed by atoms with Crippen molar-refractivity contribution in [1.82, 2.24) is 0 Å². The summed E-state index contributed by atoms with van der Waals surface area (Å²) in [7, 11) is -1.68. The Labute approximate surface area is 42.4 Å². The van der Waals surface area contributed by atoms with E-state index in [-0.39, 0.29) is 0 Å². The second-order valence-electron chi connectivity index (χ2n) is 0.932. The van der Waals surface area contributed by atoms with E-state index in [1.165, 1.54) is 6.26 Å². The zero-order valence-electron chi connectivity index (χ0n) is 4.03. The molecule has 0 aliphatic heterocycles. The predicted octanol–water partition coefficient (Wildman–Crippen LogP) is -0.494. The lowest BCUT2D eigenvalue weighted by molar-refractivity contribution is 0.257. The van der Waals surface area contributed by atoms with Crippen molar-refractivity contribution in [2.24, 2.45) is 0 Å². The van der Waals surface area contributed by atoms with Crippen LogP contribution in [0.4, 0.5) is 0 Å². The van der Waals surface area contributed by atoms with Gasteiger partial charge in [0.1, 0.15) is 0 Å². The van der Waals surface area contributed by atoms with Crippen molar-refractivity contribution in [1.29, 1.82) is 0 Å². The normalized spacial score (nSPS) is 9.57. The van der Waals surface area contributed by atoms with Crippen molar-refractivity contribution < 1.29 is 14.7 Å². The van der Waals surface area contributed by atoms with Gasteiger partial charge in [0, 0.05) is 0 Å². The highest BCUT2D eigenvalue weighted by Gasteiger charge is 2.04. The first-order valence-electron chi connectivity index (χ1n) is 1.90. The Bertz CT molecular complexity index is 61.2. The van der Waals surface area contributed by atoms with Crippen LogP contribution in [0.2, 0.25) is 0 Å². The van der Waals surface area contributed by atoms with Crippen molar-refractivity contribution >= 4 is 7.32 Å². The Hall–Kier alpha value is -0.475. The summed E-state index contributed by atoms with van der Waals surface area (Å²) in [5.41, 5.74) is 0. The van der Waals surface area contributed by atoms with Crippen LogP contribution in [0.25, 0.3) is 0 Å². The second kappa shape index (κ2) is 3.71. The van der Waals surface area contributed by atoms with Crippen molar-refractivity contribution in [2.45, 2.75) is 6.92 Å². The summed E-state index contributed by atoms with van der Waals surface area (Å²) in [5.74, 6) is 0. The molecule has 0 aromatic rings. The van der Waals surface area contributed by atoms with Gasteiger partial charge in [-0.1, -0.05) is 6.08 Å². The van der Waals surface area contributed by atoms with E-state index < -0.39 is 7.32 Å². The van der Waals surface area contributed by atoms with E-state index >= 15 is 0 Å². The molecule has 0 fully saturated rings. The van der Waals surface area contributed by atoms with Gasteiger partial charge in [-0.15, -0.1) is 0 Å². The third-order valence-corrected chi connectivity index (χ3v) is 0.336. The molecule has 0 bridgehead atoms. The van der Waals surface area contributed by atoms with Crippen LogP contribution in [-0.2, 0) is 4.65 Å². The Morgan fingerprint density at radius 1 is 1.57 bits per heavy atom. The summed E-state index contributed by atoms with van der Waals surface area (Å²) < 4.78 is 4.12. The second-order valence-corrected chi connectivity index (χ2v) is 0.932. The maximum absolute atomic E-state index is 7.97. The third-order valence-electron chi connectivity index (χ3n) is 0.336. The lowest BCUT2D eigenvalue weighted by Gasteiger charge is -1.91. The molecule has 0 aliphatic rings. The fourth-order valence-corrected chi connectivity index (χ4v) is 0.149. The van der Waals surface area contributed by atoms with Gasteiger partial charge in [-0.25, -0.2) is 0 Å². The van der Waals surface area contributed by atoms with Gasteiger partial charge in [-0.3, -0.25) is 0 Å². The average molecular weight is 102 g/mol.